The minimum Gasteiger partial charge on any atom is -0.382 e. The molecule has 1 fully saturated rings. The van der Waals surface area contributed by atoms with E-state index in [1.165, 1.54) is 19.3 Å². The van der Waals surface area contributed by atoms with Gasteiger partial charge in [0.2, 0.25) is 0 Å². The predicted molar refractivity (Wildman–Crippen MR) is 54.8 cm³/mol. The fourth-order valence-corrected chi connectivity index (χ4v) is 1.59. The maximum atomic E-state index is 8.80. The standard InChI is InChI=1S/C11H13N3/c12-7-11-10(5-2-6-13-11)14-8-9-3-1-4-9/h2,5-6,9,14H,1,3-4,8H2. The molecule has 0 saturated heterocycles. The van der Waals surface area contributed by atoms with Crippen molar-refractivity contribution in [2.45, 2.75) is 19.3 Å². The zero-order valence-corrected chi connectivity index (χ0v) is 8.03. The van der Waals surface area contributed by atoms with E-state index in [0.29, 0.717) is 5.69 Å². The van der Waals surface area contributed by atoms with Gasteiger partial charge in [-0.1, -0.05) is 6.42 Å². The topological polar surface area (TPSA) is 48.7 Å². The largest absolute Gasteiger partial charge is 0.382 e. The Morgan fingerprint density at radius 1 is 1.57 bits per heavy atom. The minimum absolute atomic E-state index is 0.492. The molecule has 2 rings (SSSR count). The van der Waals surface area contributed by atoms with Crippen LogP contribution in [0.5, 0.6) is 0 Å². The predicted octanol–water partition coefficient (Wildman–Crippen LogP) is 2.17. The van der Waals surface area contributed by atoms with Crippen molar-refractivity contribution in [2.24, 2.45) is 5.92 Å². The Kier molecular flexibility index (Phi) is 2.64. The molecule has 3 heteroatoms. The summed E-state index contributed by atoms with van der Waals surface area (Å²) in [5.41, 5.74) is 1.36. The third-order valence-electron chi connectivity index (χ3n) is 2.72. The SMILES string of the molecule is N#Cc1ncccc1NCC1CCC1. The number of hydrogen-bond acceptors (Lipinski definition) is 3. The minimum atomic E-state index is 0.492. The Hall–Kier alpha value is -1.56. The molecule has 0 spiro atoms. The van der Waals surface area contributed by atoms with Gasteiger partial charge >= 0.3 is 0 Å². The van der Waals surface area contributed by atoms with E-state index in [1.807, 2.05) is 12.1 Å². The molecule has 1 N–H and O–H groups in total. The highest BCUT2D eigenvalue weighted by molar-refractivity contribution is 5.53. The molecule has 1 saturated carbocycles. The Balaban J connectivity index is 1.97. The van der Waals surface area contributed by atoms with Crippen molar-refractivity contribution < 1.29 is 0 Å². The van der Waals surface area contributed by atoms with Crippen LogP contribution in [0.4, 0.5) is 5.69 Å². The fourth-order valence-electron chi connectivity index (χ4n) is 1.59. The molecule has 0 aromatic carbocycles. The van der Waals surface area contributed by atoms with Crippen molar-refractivity contribution in [1.29, 1.82) is 5.26 Å². The Morgan fingerprint density at radius 3 is 3.07 bits per heavy atom. The third kappa shape index (κ3) is 1.85. The smallest absolute Gasteiger partial charge is 0.163 e. The third-order valence-corrected chi connectivity index (χ3v) is 2.72. The van der Waals surface area contributed by atoms with Crippen molar-refractivity contribution in [2.75, 3.05) is 11.9 Å². The molecule has 0 unspecified atom stereocenters. The zero-order chi connectivity index (χ0) is 9.80. The molecule has 1 aliphatic carbocycles. The summed E-state index contributed by atoms with van der Waals surface area (Å²) in [6.07, 6.45) is 5.63. The summed E-state index contributed by atoms with van der Waals surface area (Å²) in [5.74, 6) is 0.793. The lowest BCUT2D eigenvalue weighted by atomic mass is 9.85. The number of aromatic nitrogens is 1. The van der Waals surface area contributed by atoms with E-state index < -0.39 is 0 Å². The number of pyridine rings is 1. The molecule has 14 heavy (non-hydrogen) atoms. The van der Waals surface area contributed by atoms with Crippen molar-refractivity contribution in [1.82, 2.24) is 4.98 Å². The number of nitriles is 1. The first-order valence-corrected chi connectivity index (χ1v) is 4.99. The van der Waals surface area contributed by atoms with Gasteiger partial charge in [0.25, 0.3) is 0 Å². The molecule has 0 bridgehead atoms. The molecule has 0 amide bonds. The molecule has 72 valence electrons. The van der Waals surface area contributed by atoms with E-state index in [0.717, 1.165) is 18.2 Å². The van der Waals surface area contributed by atoms with E-state index in [2.05, 4.69) is 16.4 Å². The van der Waals surface area contributed by atoms with Gasteiger partial charge in [-0.15, -0.1) is 0 Å². The van der Waals surface area contributed by atoms with Crippen LogP contribution < -0.4 is 5.32 Å². The monoisotopic (exact) mass is 187 g/mol. The summed E-state index contributed by atoms with van der Waals surface area (Å²) in [5, 5.41) is 12.1. The average Bonchev–Trinajstić information content (AvgIpc) is 2.16. The summed E-state index contributed by atoms with van der Waals surface area (Å²) >= 11 is 0. The highest BCUT2D eigenvalue weighted by Crippen LogP contribution is 2.26. The molecule has 0 radical (unpaired) electrons. The first-order valence-electron chi connectivity index (χ1n) is 4.99. The molecule has 0 aliphatic heterocycles. The van der Waals surface area contributed by atoms with Gasteiger partial charge in [0, 0.05) is 12.7 Å². The van der Waals surface area contributed by atoms with Gasteiger partial charge in [-0.2, -0.15) is 5.26 Å². The van der Waals surface area contributed by atoms with E-state index >= 15 is 0 Å². The zero-order valence-electron chi connectivity index (χ0n) is 8.03. The lowest BCUT2D eigenvalue weighted by Gasteiger charge is -2.25. The first kappa shape index (κ1) is 9.01. The summed E-state index contributed by atoms with van der Waals surface area (Å²) in [7, 11) is 0. The number of anilines is 1. The van der Waals surface area contributed by atoms with Crippen molar-refractivity contribution in [3.63, 3.8) is 0 Å². The lowest BCUT2D eigenvalue weighted by molar-refractivity contribution is 0.333. The lowest BCUT2D eigenvalue weighted by Crippen LogP contribution is -2.21. The second-order valence-corrected chi connectivity index (χ2v) is 3.69. The van der Waals surface area contributed by atoms with E-state index in [4.69, 9.17) is 5.26 Å². The van der Waals surface area contributed by atoms with Crippen molar-refractivity contribution in [3.8, 4) is 6.07 Å². The maximum absolute atomic E-state index is 8.80. The van der Waals surface area contributed by atoms with Crippen LogP contribution in [0.2, 0.25) is 0 Å². The molecule has 1 aromatic heterocycles. The molecule has 1 aromatic rings. The van der Waals surface area contributed by atoms with Crippen molar-refractivity contribution >= 4 is 5.69 Å². The second kappa shape index (κ2) is 4.10. The quantitative estimate of drug-likeness (QED) is 0.788. The van der Waals surface area contributed by atoms with Gasteiger partial charge in [-0.05, 0) is 30.9 Å². The summed E-state index contributed by atoms with van der Waals surface area (Å²) in [6, 6.07) is 5.84. The van der Waals surface area contributed by atoms with Gasteiger partial charge in [0.1, 0.15) is 6.07 Å². The van der Waals surface area contributed by atoms with Crippen LogP contribution >= 0.6 is 0 Å². The highest BCUT2D eigenvalue weighted by atomic mass is 14.9. The Bertz CT molecular complexity index is 350. The van der Waals surface area contributed by atoms with Crippen LogP contribution in [0.3, 0.4) is 0 Å². The first-order chi connectivity index (χ1) is 6.90. The fraction of sp³-hybridized carbons (Fsp3) is 0.455. The van der Waals surface area contributed by atoms with Gasteiger partial charge < -0.3 is 5.32 Å². The molecule has 0 atom stereocenters. The van der Waals surface area contributed by atoms with Crippen molar-refractivity contribution in [3.05, 3.63) is 24.0 Å². The van der Waals surface area contributed by atoms with Gasteiger partial charge in [0.05, 0.1) is 5.69 Å². The number of hydrogen-bond donors (Lipinski definition) is 1. The van der Waals surface area contributed by atoms with Gasteiger partial charge in [0.15, 0.2) is 5.69 Å². The number of nitrogens with zero attached hydrogens (tertiary/aromatic N) is 2. The van der Waals surface area contributed by atoms with E-state index in [9.17, 15) is 0 Å². The second-order valence-electron chi connectivity index (χ2n) is 3.69. The Labute approximate surface area is 83.8 Å². The molecule has 1 aliphatic rings. The summed E-state index contributed by atoms with van der Waals surface area (Å²) in [6.45, 7) is 0.973. The van der Waals surface area contributed by atoms with Gasteiger partial charge in [-0.3, -0.25) is 0 Å². The maximum Gasteiger partial charge on any atom is 0.163 e. The van der Waals surface area contributed by atoms with Gasteiger partial charge in [-0.25, -0.2) is 4.98 Å². The molecular formula is C11H13N3. The Morgan fingerprint density at radius 2 is 2.43 bits per heavy atom. The van der Waals surface area contributed by atoms with Crippen LogP contribution in [0, 0.1) is 17.2 Å². The van der Waals surface area contributed by atoms with Crippen LogP contribution in [0.1, 0.15) is 25.0 Å². The van der Waals surface area contributed by atoms with Crippen LogP contribution in [-0.4, -0.2) is 11.5 Å². The number of nitrogens with one attached hydrogen (secondary N) is 1. The van der Waals surface area contributed by atoms with Crippen LogP contribution in [0.15, 0.2) is 18.3 Å². The van der Waals surface area contributed by atoms with Crippen LogP contribution in [0.25, 0.3) is 0 Å². The highest BCUT2D eigenvalue weighted by Gasteiger charge is 2.17. The summed E-state index contributed by atoms with van der Waals surface area (Å²) in [4.78, 5) is 4.00. The normalized spacial score (nSPS) is 15.6. The summed E-state index contributed by atoms with van der Waals surface area (Å²) < 4.78 is 0. The van der Waals surface area contributed by atoms with E-state index in [-0.39, 0.29) is 0 Å². The average molecular weight is 187 g/mol. The number of rotatable bonds is 3. The van der Waals surface area contributed by atoms with E-state index in [1.54, 1.807) is 6.20 Å². The van der Waals surface area contributed by atoms with Crippen LogP contribution in [-0.2, 0) is 0 Å². The molecular weight excluding hydrogens is 174 g/mol. The molecule has 3 nitrogen and oxygen atoms in total. The molecule has 1 heterocycles.